The lowest BCUT2D eigenvalue weighted by Gasteiger charge is -2.04. The summed E-state index contributed by atoms with van der Waals surface area (Å²) in [5, 5.41) is 7.67. The van der Waals surface area contributed by atoms with Crippen molar-refractivity contribution in [1.29, 1.82) is 0 Å². The molecular weight excluding hydrogens is 150 g/mol. The standard InChI is InChI=1S/C9H15N3/c1-7-5-11-12(2)9(7)6-10-8-3-4-8/h5,8,10H,3-4,6H2,1-2H3. The first-order chi connectivity index (χ1) is 5.77. The molecule has 0 saturated heterocycles. The Morgan fingerprint density at radius 2 is 2.42 bits per heavy atom. The molecule has 1 N–H and O–H groups in total. The summed E-state index contributed by atoms with van der Waals surface area (Å²) in [6.45, 7) is 3.07. The average molecular weight is 165 g/mol. The molecule has 1 fully saturated rings. The van der Waals surface area contributed by atoms with Crippen LogP contribution in [0, 0.1) is 6.92 Å². The molecule has 3 nitrogen and oxygen atoms in total. The van der Waals surface area contributed by atoms with E-state index in [-0.39, 0.29) is 0 Å². The fourth-order valence-electron chi connectivity index (χ4n) is 1.35. The zero-order valence-corrected chi connectivity index (χ0v) is 7.67. The molecule has 1 heterocycles. The first-order valence-corrected chi connectivity index (χ1v) is 4.48. The van der Waals surface area contributed by atoms with Gasteiger partial charge in [0.15, 0.2) is 0 Å². The molecule has 0 spiro atoms. The van der Waals surface area contributed by atoms with Crippen LogP contribution in [0.5, 0.6) is 0 Å². The number of rotatable bonds is 3. The number of hydrogen-bond acceptors (Lipinski definition) is 2. The van der Waals surface area contributed by atoms with E-state index >= 15 is 0 Å². The summed E-state index contributed by atoms with van der Waals surface area (Å²) in [5.74, 6) is 0. The molecule has 0 aliphatic heterocycles. The summed E-state index contributed by atoms with van der Waals surface area (Å²) < 4.78 is 1.95. The summed E-state index contributed by atoms with van der Waals surface area (Å²) in [5.41, 5.74) is 2.59. The largest absolute Gasteiger partial charge is 0.308 e. The van der Waals surface area contributed by atoms with Crippen molar-refractivity contribution in [3.8, 4) is 0 Å². The van der Waals surface area contributed by atoms with E-state index in [1.54, 1.807) is 0 Å². The zero-order chi connectivity index (χ0) is 8.55. The van der Waals surface area contributed by atoms with Crippen molar-refractivity contribution in [2.24, 2.45) is 7.05 Å². The molecule has 0 bridgehead atoms. The summed E-state index contributed by atoms with van der Waals surface area (Å²) >= 11 is 0. The van der Waals surface area contributed by atoms with Gasteiger partial charge in [0.05, 0.1) is 11.9 Å². The van der Waals surface area contributed by atoms with Crippen LogP contribution in [-0.4, -0.2) is 15.8 Å². The van der Waals surface area contributed by atoms with Crippen molar-refractivity contribution >= 4 is 0 Å². The zero-order valence-electron chi connectivity index (χ0n) is 7.67. The third-order valence-corrected chi connectivity index (χ3v) is 2.41. The Labute approximate surface area is 72.8 Å². The molecule has 1 aliphatic rings. The predicted molar refractivity (Wildman–Crippen MR) is 47.8 cm³/mol. The second-order valence-electron chi connectivity index (χ2n) is 3.55. The van der Waals surface area contributed by atoms with Crippen LogP contribution >= 0.6 is 0 Å². The highest BCUT2D eigenvalue weighted by atomic mass is 15.3. The highest BCUT2D eigenvalue weighted by Crippen LogP contribution is 2.19. The minimum Gasteiger partial charge on any atom is -0.308 e. The highest BCUT2D eigenvalue weighted by Gasteiger charge is 2.20. The molecule has 0 radical (unpaired) electrons. The summed E-state index contributed by atoms with van der Waals surface area (Å²) in [6.07, 6.45) is 4.61. The molecule has 1 aromatic heterocycles. The van der Waals surface area contributed by atoms with Gasteiger partial charge < -0.3 is 5.32 Å². The molecule has 1 aliphatic carbocycles. The number of aromatic nitrogens is 2. The monoisotopic (exact) mass is 165 g/mol. The van der Waals surface area contributed by atoms with Gasteiger partial charge in [-0.15, -0.1) is 0 Å². The lowest BCUT2D eigenvalue weighted by molar-refractivity contribution is 0.621. The lowest BCUT2D eigenvalue weighted by Crippen LogP contribution is -2.18. The highest BCUT2D eigenvalue weighted by molar-refractivity contribution is 5.15. The molecule has 0 amide bonds. The number of hydrogen-bond donors (Lipinski definition) is 1. The maximum Gasteiger partial charge on any atom is 0.0547 e. The SMILES string of the molecule is Cc1cnn(C)c1CNC1CC1. The Kier molecular flexibility index (Phi) is 1.89. The van der Waals surface area contributed by atoms with Crippen molar-refractivity contribution in [3.63, 3.8) is 0 Å². The van der Waals surface area contributed by atoms with Gasteiger partial charge in [-0.05, 0) is 25.3 Å². The Balaban J connectivity index is 1.99. The van der Waals surface area contributed by atoms with Crippen molar-refractivity contribution in [3.05, 3.63) is 17.5 Å². The second kappa shape index (κ2) is 2.90. The van der Waals surface area contributed by atoms with E-state index in [1.807, 2.05) is 17.9 Å². The Hall–Kier alpha value is -0.830. The minimum absolute atomic E-state index is 0.777. The van der Waals surface area contributed by atoms with Gasteiger partial charge >= 0.3 is 0 Å². The van der Waals surface area contributed by atoms with Crippen molar-refractivity contribution in [2.75, 3.05) is 0 Å². The van der Waals surface area contributed by atoms with Gasteiger partial charge in [0.25, 0.3) is 0 Å². The van der Waals surface area contributed by atoms with Crippen LogP contribution < -0.4 is 5.32 Å². The Morgan fingerprint density at radius 3 is 2.92 bits per heavy atom. The van der Waals surface area contributed by atoms with Gasteiger partial charge in [0.1, 0.15) is 0 Å². The van der Waals surface area contributed by atoms with Gasteiger partial charge in [-0.3, -0.25) is 4.68 Å². The maximum atomic E-state index is 4.19. The third kappa shape index (κ3) is 1.50. The molecular formula is C9H15N3. The maximum absolute atomic E-state index is 4.19. The van der Waals surface area contributed by atoms with Crippen LogP contribution in [0.2, 0.25) is 0 Å². The predicted octanol–water partition coefficient (Wildman–Crippen LogP) is 0.981. The number of nitrogens with one attached hydrogen (secondary N) is 1. The summed E-state index contributed by atoms with van der Waals surface area (Å²) in [7, 11) is 2.00. The van der Waals surface area contributed by atoms with E-state index in [9.17, 15) is 0 Å². The van der Waals surface area contributed by atoms with Crippen LogP contribution in [0.25, 0.3) is 0 Å². The molecule has 0 aromatic carbocycles. The van der Waals surface area contributed by atoms with Crippen LogP contribution in [0.1, 0.15) is 24.1 Å². The fraction of sp³-hybridized carbons (Fsp3) is 0.667. The van der Waals surface area contributed by atoms with Gasteiger partial charge in [-0.1, -0.05) is 0 Å². The van der Waals surface area contributed by atoms with E-state index in [0.29, 0.717) is 0 Å². The second-order valence-corrected chi connectivity index (χ2v) is 3.55. The molecule has 2 rings (SSSR count). The van der Waals surface area contributed by atoms with E-state index < -0.39 is 0 Å². The Morgan fingerprint density at radius 1 is 1.67 bits per heavy atom. The first kappa shape index (κ1) is 7.80. The fourth-order valence-corrected chi connectivity index (χ4v) is 1.35. The van der Waals surface area contributed by atoms with Crippen LogP contribution in [-0.2, 0) is 13.6 Å². The number of aryl methyl sites for hydroxylation is 2. The molecule has 1 saturated carbocycles. The molecule has 3 heteroatoms. The lowest BCUT2D eigenvalue weighted by atomic mass is 10.3. The molecule has 12 heavy (non-hydrogen) atoms. The molecule has 0 unspecified atom stereocenters. The Bertz CT molecular complexity index is 254. The van der Waals surface area contributed by atoms with E-state index in [1.165, 1.54) is 24.1 Å². The van der Waals surface area contributed by atoms with Crippen molar-refractivity contribution < 1.29 is 0 Å². The van der Waals surface area contributed by atoms with E-state index in [4.69, 9.17) is 0 Å². The topological polar surface area (TPSA) is 29.9 Å². The van der Waals surface area contributed by atoms with Crippen molar-refractivity contribution in [1.82, 2.24) is 15.1 Å². The van der Waals surface area contributed by atoms with Crippen molar-refractivity contribution in [2.45, 2.75) is 32.4 Å². The molecule has 0 atom stereocenters. The van der Waals surface area contributed by atoms with Crippen LogP contribution in [0.4, 0.5) is 0 Å². The van der Waals surface area contributed by atoms with Crippen LogP contribution in [0.15, 0.2) is 6.20 Å². The summed E-state index contributed by atoms with van der Waals surface area (Å²) in [4.78, 5) is 0. The average Bonchev–Trinajstić information content (AvgIpc) is 2.80. The van der Waals surface area contributed by atoms with Gasteiger partial charge in [-0.2, -0.15) is 5.10 Å². The molecule has 66 valence electrons. The summed E-state index contributed by atoms with van der Waals surface area (Å²) in [6, 6.07) is 0.777. The van der Waals surface area contributed by atoms with E-state index in [0.717, 1.165) is 12.6 Å². The third-order valence-electron chi connectivity index (χ3n) is 2.41. The number of nitrogens with zero attached hydrogens (tertiary/aromatic N) is 2. The quantitative estimate of drug-likeness (QED) is 0.723. The molecule has 1 aromatic rings. The minimum atomic E-state index is 0.777. The van der Waals surface area contributed by atoms with Crippen LogP contribution in [0.3, 0.4) is 0 Å². The van der Waals surface area contributed by atoms with Gasteiger partial charge in [0, 0.05) is 19.6 Å². The first-order valence-electron chi connectivity index (χ1n) is 4.48. The normalized spacial score (nSPS) is 16.8. The smallest absolute Gasteiger partial charge is 0.0547 e. The van der Waals surface area contributed by atoms with Gasteiger partial charge in [-0.25, -0.2) is 0 Å². The van der Waals surface area contributed by atoms with E-state index in [2.05, 4.69) is 17.3 Å². The van der Waals surface area contributed by atoms with Gasteiger partial charge in [0.2, 0.25) is 0 Å².